The lowest BCUT2D eigenvalue weighted by Gasteiger charge is -2.32. The molecule has 116 valence electrons. The van der Waals surface area contributed by atoms with Gasteiger partial charge < -0.3 is 10.2 Å². The van der Waals surface area contributed by atoms with Crippen LogP contribution in [-0.4, -0.2) is 38.3 Å². The van der Waals surface area contributed by atoms with Crippen LogP contribution in [-0.2, 0) is 4.79 Å². The van der Waals surface area contributed by atoms with Crippen molar-refractivity contribution in [2.75, 3.05) is 11.9 Å². The van der Waals surface area contributed by atoms with Crippen molar-refractivity contribution < 1.29 is 4.79 Å². The zero-order valence-corrected chi connectivity index (χ0v) is 13.9. The Labute approximate surface area is 134 Å². The van der Waals surface area contributed by atoms with Crippen LogP contribution in [0.1, 0.15) is 27.2 Å². The highest BCUT2D eigenvalue weighted by atomic mass is 32.1. The smallest absolute Gasteiger partial charge is 0.225 e. The highest BCUT2D eigenvalue weighted by Gasteiger charge is 2.36. The van der Waals surface area contributed by atoms with Gasteiger partial charge in [-0.2, -0.15) is 9.36 Å². The topological polar surface area (TPSA) is 58.1 Å². The monoisotopic (exact) mass is 316 g/mol. The second-order valence-corrected chi connectivity index (χ2v) is 7.26. The maximum Gasteiger partial charge on any atom is 0.225 e. The zero-order chi connectivity index (χ0) is 15.7. The van der Waals surface area contributed by atoms with Crippen LogP contribution in [0.3, 0.4) is 0 Å². The predicted octanol–water partition coefficient (Wildman–Crippen LogP) is 3.02. The van der Waals surface area contributed by atoms with E-state index in [4.69, 9.17) is 0 Å². The van der Waals surface area contributed by atoms with E-state index in [-0.39, 0.29) is 17.5 Å². The summed E-state index contributed by atoms with van der Waals surface area (Å²) >= 11 is 1.34. The van der Waals surface area contributed by atoms with Gasteiger partial charge in [0.05, 0.1) is 6.04 Å². The van der Waals surface area contributed by atoms with Gasteiger partial charge in [0.1, 0.15) is 0 Å². The zero-order valence-electron chi connectivity index (χ0n) is 13.0. The van der Waals surface area contributed by atoms with Crippen molar-refractivity contribution in [3.05, 3.63) is 30.3 Å². The van der Waals surface area contributed by atoms with Crippen LogP contribution in [0.2, 0.25) is 0 Å². The van der Waals surface area contributed by atoms with Crippen molar-refractivity contribution in [1.29, 1.82) is 0 Å². The minimum absolute atomic E-state index is 0.100. The fourth-order valence-corrected chi connectivity index (χ4v) is 3.28. The van der Waals surface area contributed by atoms with Gasteiger partial charge in [-0.15, -0.1) is 0 Å². The van der Waals surface area contributed by atoms with E-state index in [0.29, 0.717) is 13.0 Å². The van der Waals surface area contributed by atoms with E-state index in [9.17, 15) is 4.79 Å². The van der Waals surface area contributed by atoms with Crippen LogP contribution in [0.15, 0.2) is 30.3 Å². The number of amides is 1. The first-order chi connectivity index (χ1) is 10.4. The van der Waals surface area contributed by atoms with Crippen LogP contribution in [0.4, 0.5) is 5.13 Å². The van der Waals surface area contributed by atoms with Gasteiger partial charge in [-0.25, -0.2) is 0 Å². The Morgan fingerprint density at radius 2 is 2.00 bits per heavy atom. The van der Waals surface area contributed by atoms with Crippen LogP contribution < -0.4 is 5.32 Å². The van der Waals surface area contributed by atoms with Gasteiger partial charge in [0.15, 0.2) is 5.82 Å². The Kier molecular flexibility index (Phi) is 3.87. The van der Waals surface area contributed by atoms with Gasteiger partial charge in [-0.1, -0.05) is 30.3 Å². The molecule has 1 N–H and O–H groups in total. The first-order valence-electron chi connectivity index (χ1n) is 7.39. The lowest BCUT2D eigenvalue weighted by Crippen LogP contribution is -2.43. The van der Waals surface area contributed by atoms with Crippen molar-refractivity contribution in [3.63, 3.8) is 0 Å². The molecule has 2 aromatic rings. The predicted molar refractivity (Wildman–Crippen MR) is 88.8 cm³/mol. The van der Waals surface area contributed by atoms with Gasteiger partial charge in [0.25, 0.3) is 0 Å². The molecule has 1 unspecified atom stereocenters. The molecule has 0 aliphatic carbocycles. The molecule has 1 fully saturated rings. The Morgan fingerprint density at radius 3 is 2.64 bits per heavy atom. The fourth-order valence-electron chi connectivity index (χ4n) is 2.61. The van der Waals surface area contributed by atoms with E-state index in [0.717, 1.165) is 16.5 Å². The van der Waals surface area contributed by atoms with E-state index in [1.165, 1.54) is 11.5 Å². The third-order valence-electron chi connectivity index (χ3n) is 3.72. The molecule has 3 rings (SSSR count). The minimum Gasteiger partial charge on any atom is -0.355 e. The molecule has 1 aromatic heterocycles. The lowest BCUT2D eigenvalue weighted by molar-refractivity contribution is -0.131. The number of benzene rings is 1. The average Bonchev–Trinajstić information content (AvgIpc) is 3.07. The Hall–Kier alpha value is -1.95. The van der Waals surface area contributed by atoms with Crippen LogP contribution in [0.5, 0.6) is 0 Å². The van der Waals surface area contributed by atoms with E-state index in [1.807, 2.05) is 35.2 Å². The van der Waals surface area contributed by atoms with E-state index in [1.54, 1.807) is 0 Å². The van der Waals surface area contributed by atoms with Crippen molar-refractivity contribution in [3.8, 4) is 11.4 Å². The number of aromatic nitrogens is 2. The number of hydrogen-bond donors (Lipinski definition) is 1. The molecular formula is C16H20N4OS. The minimum atomic E-state index is -0.135. The van der Waals surface area contributed by atoms with Gasteiger partial charge in [-0.3, -0.25) is 4.79 Å². The molecule has 1 aliphatic rings. The molecule has 22 heavy (non-hydrogen) atoms. The Morgan fingerprint density at radius 1 is 1.27 bits per heavy atom. The van der Waals surface area contributed by atoms with Crippen molar-refractivity contribution in [2.45, 2.75) is 38.8 Å². The molecule has 0 spiro atoms. The largest absolute Gasteiger partial charge is 0.355 e. The summed E-state index contributed by atoms with van der Waals surface area (Å²) in [7, 11) is 0. The molecule has 6 heteroatoms. The summed E-state index contributed by atoms with van der Waals surface area (Å²) in [6, 6.07) is 10.0. The number of anilines is 1. The van der Waals surface area contributed by atoms with Crippen molar-refractivity contribution in [1.82, 2.24) is 14.3 Å². The van der Waals surface area contributed by atoms with E-state index >= 15 is 0 Å². The maximum absolute atomic E-state index is 12.1. The van der Waals surface area contributed by atoms with Crippen LogP contribution in [0.25, 0.3) is 11.4 Å². The summed E-state index contributed by atoms with van der Waals surface area (Å²) < 4.78 is 4.38. The molecule has 1 atom stereocenters. The van der Waals surface area contributed by atoms with Crippen LogP contribution in [0, 0.1) is 0 Å². The first-order valence-corrected chi connectivity index (χ1v) is 8.17. The molecule has 2 heterocycles. The third kappa shape index (κ3) is 3.11. The fraction of sp³-hybridized carbons (Fsp3) is 0.438. The van der Waals surface area contributed by atoms with Crippen molar-refractivity contribution >= 4 is 22.6 Å². The van der Waals surface area contributed by atoms with Gasteiger partial charge in [-0.05, 0) is 20.8 Å². The number of carbonyl (C=O) groups excluding carboxylic acids is 1. The highest BCUT2D eigenvalue weighted by molar-refractivity contribution is 7.09. The van der Waals surface area contributed by atoms with E-state index < -0.39 is 0 Å². The van der Waals surface area contributed by atoms with Gasteiger partial charge in [0, 0.05) is 35.6 Å². The molecule has 0 saturated carbocycles. The quantitative estimate of drug-likeness (QED) is 0.945. The first kappa shape index (κ1) is 15.0. The molecule has 0 radical (unpaired) electrons. The molecule has 1 aromatic carbocycles. The number of hydrogen-bond acceptors (Lipinski definition) is 5. The number of nitrogens with zero attached hydrogens (tertiary/aromatic N) is 3. The second-order valence-electron chi connectivity index (χ2n) is 6.51. The second kappa shape index (κ2) is 5.68. The summed E-state index contributed by atoms with van der Waals surface area (Å²) in [5.74, 6) is 0.919. The maximum atomic E-state index is 12.1. The number of nitrogens with one attached hydrogen (secondary N) is 1. The van der Waals surface area contributed by atoms with Crippen LogP contribution >= 0.6 is 11.5 Å². The summed E-state index contributed by atoms with van der Waals surface area (Å²) in [4.78, 5) is 18.5. The molecule has 1 amide bonds. The Bertz CT molecular complexity index is 662. The third-order valence-corrected chi connectivity index (χ3v) is 4.37. The summed E-state index contributed by atoms with van der Waals surface area (Å²) in [6.07, 6.45) is 0.511. The summed E-state index contributed by atoms with van der Waals surface area (Å²) in [5.41, 5.74) is 0.870. The Balaban J connectivity index is 1.68. The molecule has 5 nitrogen and oxygen atoms in total. The summed E-state index contributed by atoms with van der Waals surface area (Å²) in [5, 5.41) is 4.12. The number of rotatable bonds is 3. The molecule has 1 saturated heterocycles. The number of carbonyl (C=O) groups is 1. The summed E-state index contributed by atoms with van der Waals surface area (Å²) in [6.45, 7) is 6.89. The number of likely N-dealkylation sites (tertiary alicyclic amines) is 1. The normalized spacial score (nSPS) is 18.8. The standard InChI is InChI=1S/C16H20N4OS/c1-16(2,3)20-10-12(9-13(20)21)17-15-18-14(19-22-15)11-7-5-4-6-8-11/h4-8,12H,9-10H2,1-3H3,(H,17,18,19). The average molecular weight is 316 g/mol. The van der Waals surface area contributed by atoms with E-state index in [2.05, 4.69) is 35.4 Å². The SMILES string of the molecule is CC(C)(C)N1CC(Nc2nc(-c3ccccc3)ns2)CC1=O. The van der Waals surface area contributed by atoms with Crippen molar-refractivity contribution in [2.24, 2.45) is 0 Å². The molecule has 1 aliphatic heterocycles. The lowest BCUT2D eigenvalue weighted by atomic mass is 10.1. The highest BCUT2D eigenvalue weighted by Crippen LogP contribution is 2.26. The van der Waals surface area contributed by atoms with Gasteiger partial charge >= 0.3 is 0 Å². The molecule has 0 bridgehead atoms. The van der Waals surface area contributed by atoms with Gasteiger partial charge in [0.2, 0.25) is 11.0 Å². The molecular weight excluding hydrogens is 296 g/mol.